The predicted octanol–water partition coefficient (Wildman–Crippen LogP) is 4.70. The average molecular weight is 348 g/mol. The third kappa shape index (κ3) is 3.03. The van der Waals surface area contributed by atoms with Gasteiger partial charge in [-0.2, -0.15) is 0 Å². The molecule has 1 aromatic heterocycles. The van der Waals surface area contributed by atoms with Gasteiger partial charge in [0.2, 0.25) is 0 Å². The second-order valence-corrected chi connectivity index (χ2v) is 6.14. The number of aryl methyl sites for hydroxylation is 1. The van der Waals surface area contributed by atoms with Gasteiger partial charge in [0.1, 0.15) is 5.75 Å². The van der Waals surface area contributed by atoms with Crippen LogP contribution in [0.25, 0.3) is 22.0 Å². The third-order valence-electron chi connectivity index (χ3n) is 4.71. The summed E-state index contributed by atoms with van der Waals surface area (Å²) in [6, 6.07) is 15.6. The minimum atomic E-state index is 0.0256. The normalized spacial score (nSPS) is 10.8. The molecule has 0 radical (unpaired) electrons. The zero-order valence-corrected chi connectivity index (χ0v) is 15.7. The summed E-state index contributed by atoms with van der Waals surface area (Å²) in [5, 5.41) is 0.871. The molecule has 3 rings (SSSR count). The maximum atomic E-state index is 13.4. The zero-order chi connectivity index (χ0) is 18.7. The molecule has 1 heterocycles. The van der Waals surface area contributed by atoms with Gasteiger partial charge in [0.15, 0.2) is 0 Å². The van der Waals surface area contributed by atoms with Crippen molar-refractivity contribution in [3.05, 3.63) is 59.8 Å². The fraction of sp³-hybridized carbons (Fsp3) is 0.273. The molecule has 0 unspecified atom stereocenters. The molecular formula is C22H24N2O2. The van der Waals surface area contributed by atoms with Crippen LogP contribution in [0.5, 0.6) is 5.75 Å². The van der Waals surface area contributed by atoms with Gasteiger partial charge in [0.05, 0.1) is 18.2 Å². The molecular weight excluding hydrogens is 324 g/mol. The van der Waals surface area contributed by atoms with E-state index in [1.807, 2.05) is 74.2 Å². The molecule has 0 aliphatic heterocycles. The predicted molar refractivity (Wildman–Crippen MR) is 106 cm³/mol. The summed E-state index contributed by atoms with van der Waals surface area (Å²) in [4.78, 5) is 20.0. The summed E-state index contributed by atoms with van der Waals surface area (Å²) in [5.41, 5.74) is 4.09. The minimum absolute atomic E-state index is 0.0256. The van der Waals surface area contributed by atoms with Gasteiger partial charge < -0.3 is 9.64 Å². The molecule has 0 bridgehead atoms. The lowest BCUT2D eigenvalue weighted by Gasteiger charge is -2.23. The Morgan fingerprint density at radius 2 is 1.69 bits per heavy atom. The van der Waals surface area contributed by atoms with E-state index < -0.39 is 0 Å². The molecule has 3 aromatic rings. The number of hydrogen-bond acceptors (Lipinski definition) is 3. The molecule has 0 aliphatic rings. The first-order valence-corrected chi connectivity index (χ1v) is 8.94. The van der Waals surface area contributed by atoms with Crippen molar-refractivity contribution in [1.82, 2.24) is 9.88 Å². The molecule has 0 aliphatic carbocycles. The smallest absolute Gasteiger partial charge is 0.255 e. The van der Waals surface area contributed by atoms with Gasteiger partial charge in [0, 0.05) is 35.3 Å². The number of para-hydroxylation sites is 2. The van der Waals surface area contributed by atoms with Crippen LogP contribution in [0.3, 0.4) is 0 Å². The second-order valence-electron chi connectivity index (χ2n) is 6.14. The number of benzene rings is 2. The molecule has 0 spiro atoms. The Labute approximate surface area is 154 Å². The molecule has 4 nitrogen and oxygen atoms in total. The molecule has 4 heteroatoms. The quantitative estimate of drug-likeness (QED) is 0.671. The topological polar surface area (TPSA) is 42.4 Å². The first-order valence-electron chi connectivity index (χ1n) is 8.94. The molecule has 0 saturated heterocycles. The number of ether oxygens (including phenoxy) is 1. The van der Waals surface area contributed by atoms with Crippen LogP contribution < -0.4 is 4.74 Å². The summed E-state index contributed by atoms with van der Waals surface area (Å²) < 4.78 is 5.56. The van der Waals surface area contributed by atoms with Gasteiger partial charge in [-0.1, -0.05) is 36.4 Å². The highest BCUT2D eigenvalue weighted by atomic mass is 16.5. The fourth-order valence-corrected chi connectivity index (χ4v) is 3.41. The van der Waals surface area contributed by atoms with Crippen molar-refractivity contribution < 1.29 is 9.53 Å². The van der Waals surface area contributed by atoms with Gasteiger partial charge in [-0.25, -0.2) is 0 Å². The Morgan fingerprint density at radius 3 is 2.38 bits per heavy atom. The van der Waals surface area contributed by atoms with E-state index in [1.165, 1.54) is 0 Å². The highest BCUT2D eigenvalue weighted by Crippen LogP contribution is 2.37. The van der Waals surface area contributed by atoms with Crippen LogP contribution in [0.2, 0.25) is 0 Å². The van der Waals surface area contributed by atoms with Crippen molar-refractivity contribution in [3.63, 3.8) is 0 Å². The first kappa shape index (κ1) is 17.9. The molecule has 0 N–H and O–H groups in total. The van der Waals surface area contributed by atoms with Gasteiger partial charge in [-0.15, -0.1) is 0 Å². The van der Waals surface area contributed by atoms with Crippen molar-refractivity contribution >= 4 is 16.8 Å². The Hall–Kier alpha value is -2.88. The van der Waals surface area contributed by atoms with E-state index in [4.69, 9.17) is 9.72 Å². The van der Waals surface area contributed by atoms with Crippen LogP contribution >= 0.6 is 0 Å². The van der Waals surface area contributed by atoms with Crippen molar-refractivity contribution in [2.24, 2.45) is 0 Å². The lowest BCUT2D eigenvalue weighted by molar-refractivity contribution is 0.0775. The van der Waals surface area contributed by atoms with Crippen LogP contribution in [-0.4, -0.2) is 36.0 Å². The summed E-state index contributed by atoms with van der Waals surface area (Å²) in [5.74, 6) is 0.763. The van der Waals surface area contributed by atoms with Crippen LogP contribution in [0.4, 0.5) is 0 Å². The second kappa shape index (κ2) is 7.56. The number of rotatable bonds is 5. The number of hydrogen-bond donors (Lipinski definition) is 0. The number of pyridine rings is 1. The van der Waals surface area contributed by atoms with Crippen LogP contribution in [0, 0.1) is 6.92 Å². The first-order chi connectivity index (χ1) is 12.6. The Balaban J connectivity index is 2.40. The molecule has 0 atom stereocenters. The zero-order valence-electron chi connectivity index (χ0n) is 15.7. The number of methoxy groups -OCH3 is 1. The summed E-state index contributed by atoms with van der Waals surface area (Å²) in [6.07, 6.45) is 0. The molecule has 26 heavy (non-hydrogen) atoms. The summed E-state index contributed by atoms with van der Waals surface area (Å²) in [6.45, 7) is 7.28. The van der Waals surface area contributed by atoms with E-state index in [9.17, 15) is 4.79 Å². The van der Waals surface area contributed by atoms with Gasteiger partial charge in [-0.3, -0.25) is 9.78 Å². The SMILES string of the molecule is CCN(CC)C(=O)c1c(-c2ccccc2OC)c(C)nc2ccccc12. The molecule has 134 valence electrons. The van der Waals surface area contributed by atoms with E-state index in [0.29, 0.717) is 18.7 Å². The maximum absolute atomic E-state index is 13.4. The number of nitrogens with zero attached hydrogens (tertiary/aromatic N) is 2. The van der Waals surface area contributed by atoms with Gasteiger partial charge >= 0.3 is 0 Å². The van der Waals surface area contributed by atoms with E-state index >= 15 is 0 Å². The number of carbonyl (C=O) groups excluding carboxylic acids is 1. The molecule has 2 aromatic carbocycles. The Bertz CT molecular complexity index is 946. The average Bonchev–Trinajstić information content (AvgIpc) is 2.67. The standard InChI is InChI=1S/C22H24N2O2/c1-5-24(6-2)22(25)21-16-11-7-9-13-18(16)23-15(3)20(21)17-12-8-10-14-19(17)26-4/h7-14H,5-6H2,1-4H3. The van der Waals surface area contributed by atoms with Gasteiger partial charge in [-0.05, 0) is 32.9 Å². The molecule has 0 fully saturated rings. The van der Waals surface area contributed by atoms with E-state index in [-0.39, 0.29) is 5.91 Å². The third-order valence-corrected chi connectivity index (χ3v) is 4.71. The summed E-state index contributed by atoms with van der Waals surface area (Å²) >= 11 is 0. The number of carbonyl (C=O) groups is 1. The lowest BCUT2D eigenvalue weighted by atomic mass is 9.93. The molecule has 1 amide bonds. The minimum Gasteiger partial charge on any atom is -0.496 e. The van der Waals surface area contributed by atoms with Crippen molar-refractivity contribution in [2.45, 2.75) is 20.8 Å². The van der Waals surface area contributed by atoms with E-state index in [1.54, 1.807) is 7.11 Å². The van der Waals surface area contributed by atoms with Crippen LogP contribution in [-0.2, 0) is 0 Å². The number of aromatic nitrogens is 1. The highest BCUT2D eigenvalue weighted by Gasteiger charge is 2.24. The van der Waals surface area contributed by atoms with E-state index in [2.05, 4.69) is 0 Å². The number of amides is 1. The van der Waals surface area contributed by atoms with Crippen LogP contribution in [0.1, 0.15) is 29.9 Å². The number of fused-ring (bicyclic) bond motifs is 1. The maximum Gasteiger partial charge on any atom is 0.255 e. The van der Waals surface area contributed by atoms with Gasteiger partial charge in [0.25, 0.3) is 5.91 Å². The Kier molecular flexibility index (Phi) is 5.21. The monoisotopic (exact) mass is 348 g/mol. The highest BCUT2D eigenvalue weighted by molar-refractivity contribution is 6.12. The summed E-state index contributed by atoms with van der Waals surface area (Å²) in [7, 11) is 1.65. The Morgan fingerprint density at radius 1 is 1.04 bits per heavy atom. The largest absolute Gasteiger partial charge is 0.496 e. The van der Waals surface area contributed by atoms with E-state index in [0.717, 1.165) is 33.5 Å². The fourth-order valence-electron chi connectivity index (χ4n) is 3.41. The van der Waals surface area contributed by atoms with Crippen LogP contribution in [0.15, 0.2) is 48.5 Å². The van der Waals surface area contributed by atoms with Crippen molar-refractivity contribution in [2.75, 3.05) is 20.2 Å². The lowest BCUT2D eigenvalue weighted by Crippen LogP contribution is -2.31. The molecule has 0 saturated carbocycles. The van der Waals surface area contributed by atoms with Crippen molar-refractivity contribution in [3.8, 4) is 16.9 Å². The van der Waals surface area contributed by atoms with Crippen molar-refractivity contribution in [1.29, 1.82) is 0 Å².